The van der Waals surface area contributed by atoms with E-state index in [2.05, 4.69) is 40.9 Å². The van der Waals surface area contributed by atoms with Gasteiger partial charge in [-0.3, -0.25) is 19.2 Å². The van der Waals surface area contributed by atoms with Crippen LogP contribution in [0.5, 0.6) is 11.5 Å². The number of phenolic OH excluding ortho intramolecular Hbond substituents is 1. The van der Waals surface area contributed by atoms with Crippen molar-refractivity contribution in [2.75, 3.05) is 27.3 Å². The van der Waals surface area contributed by atoms with E-state index in [1.807, 2.05) is 6.07 Å². The largest absolute Gasteiger partial charge is 1.00 e. The van der Waals surface area contributed by atoms with Gasteiger partial charge in [0.25, 0.3) is 18.3 Å². The minimum Gasteiger partial charge on any atom is -1.00 e. The van der Waals surface area contributed by atoms with Gasteiger partial charge < -0.3 is 41.5 Å². The first-order chi connectivity index (χ1) is 20.1. The molecule has 0 fully saturated rings. The molecule has 238 valence electrons. The topological polar surface area (TPSA) is 190 Å². The number of hydrogen-bond acceptors (Lipinski definition) is 11. The quantitative estimate of drug-likeness (QED) is 0.0673. The van der Waals surface area contributed by atoms with Crippen molar-refractivity contribution in [3.05, 3.63) is 58.7 Å². The maximum Gasteiger partial charge on any atom is 1.00 e. The van der Waals surface area contributed by atoms with Gasteiger partial charge in [-0.2, -0.15) is 0 Å². The molecule has 2 heterocycles. The van der Waals surface area contributed by atoms with Crippen molar-refractivity contribution in [1.82, 2.24) is 10.6 Å². The second-order valence-electron chi connectivity index (χ2n) is 9.93. The average Bonchev–Trinajstić information content (AvgIpc) is 2.97. The number of hydrogen-bond donors (Lipinski definition) is 3. The summed E-state index contributed by atoms with van der Waals surface area (Å²) in [6.45, 7) is 7.88. The molecule has 0 radical (unpaired) electrons. The van der Waals surface area contributed by atoms with Crippen LogP contribution >= 0.6 is 15.9 Å². The van der Waals surface area contributed by atoms with E-state index in [0.717, 1.165) is 24.0 Å². The molecule has 2 aromatic carbocycles. The van der Waals surface area contributed by atoms with Crippen molar-refractivity contribution in [3.63, 3.8) is 0 Å². The van der Waals surface area contributed by atoms with E-state index >= 15 is 0 Å². The Labute approximate surface area is 357 Å². The van der Waals surface area contributed by atoms with Crippen LogP contribution in [0.15, 0.2) is 36.4 Å². The standard InChI is InChI=1S/C14H17NO4.C9H9NO2.C5H9BrO2.CH2O3.2K.H/c1-14(2,13(17)18-3)19-10-5-4-9-6-7-15-12(16)11(9)8-10;11-7-2-1-6-3-4-10-9(12)8(6)5-7;1-5(2,6)4(7)8-3;2-1-4-3;;;/h4-5,8H,6-7H2,1-3H3,(H,15,16);1-2,5,11H,3-4H2,(H,10,12);1-3H3;1,3H;;;/q;;;;2*+1;-1/p-1. The van der Waals surface area contributed by atoms with Crippen molar-refractivity contribution in [3.8, 4) is 11.5 Å². The molecule has 0 saturated heterocycles. The summed E-state index contributed by atoms with van der Waals surface area (Å²) >= 11 is 3.13. The maximum absolute atomic E-state index is 11.7. The number of nitrogens with one attached hydrogen (secondary N) is 2. The molecule has 16 heteroatoms. The maximum atomic E-state index is 11.7. The molecule has 0 aromatic heterocycles. The molecule has 4 rings (SSSR count). The molecular formula is C29H37BrK2N2O11. The van der Waals surface area contributed by atoms with Gasteiger partial charge in [0.15, 0.2) is 5.60 Å². The Bertz CT molecular complexity index is 1310. The predicted octanol–water partition coefficient (Wildman–Crippen LogP) is -4.13. The van der Waals surface area contributed by atoms with Gasteiger partial charge in [0, 0.05) is 24.2 Å². The van der Waals surface area contributed by atoms with Gasteiger partial charge in [0.05, 0.1) is 14.2 Å². The van der Waals surface area contributed by atoms with Crippen LogP contribution in [0.25, 0.3) is 0 Å². The number of aromatic hydroxyl groups is 1. The van der Waals surface area contributed by atoms with E-state index in [1.54, 1.807) is 52.0 Å². The van der Waals surface area contributed by atoms with Crippen molar-refractivity contribution in [2.24, 2.45) is 0 Å². The molecular weight excluding hydrogens is 710 g/mol. The van der Waals surface area contributed by atoms with Crippen molar-refractivity contribution in [2.45, 2.75) is 50.5 Å². The number of methoxy groups -OCH3 is 2. The summed E-state index contributed by atoms with van der Waals surface area (Å²) in [6.07, 6.45) is 1.66. The summed E-state index contributed by atoms with van der Waals surface area (Å²) in [5.74, 6) is -0.293. The molecule has 0 saturated carbocycles. The zero-order valence-electron chi connectivity index (χ0n) is 27.8. The Morgan fingerprint density at radius 2 is 1.33 bits per heavy atom. The number of rotatable bonds is 5. The number of benzene rings is 2. The molecule has 0 aliphatic carbocycles. The second-order valence-corrected chi connectivity index (χ2v) is 11.9. The number of carbonyl (C=O) groups is 5. The molecule has 0 bridgehead atoms. The molecule has 3 N–H and O–H groups in total. The summed E-state index contributed by atoms with van der Waals surface area (Å²) in [6, 6.07) is 10.2. The Morgan fingerprint density at radius 1 is 0.889 bits per heavy atom. The van der Waals surface area contributed by atoms with Crippen LogP contribution in [0, 0.1) is 0 Å². The summed E-state index contributed by atoms with van der Waals surface area (Å²) in [5, 5.41) is 23.0. The molecule has 0 spiro atoms. The van der Waals surface area contributed by atoms with E-state index in [9.17, 15) is 19.2 Å². The third-order valence-corrected chi connectivity index (χ3v) is 6.11. The average molecular weight is 748 g/mol. The van der Waals surface area contributed by atoms with Gasteiger partial charge in [-0.1, -0.05) is 28.1 Å². The molecule has 0 unspecified atom stereocenters. The minimum absolute atomic E-state index is 0. The molecule has 13 nitrogen and oxygen atoms in total. The van der Waals surface area contributed by atoms with Crippen LogP contribution in [0.4, 0.5) is 0 Å². The minimum atomic E-state index is -1.09. The number of fused-ring (bicyclic) bond motifs is 2. The zero-order valence-corrected chi connectivity index (χ0v) is 34.6. The Balaban J connectivity index is -0.000000593. The number of carbonyl (C=O) groups excluding carboxylic acids is 5. The number of amides is 2. The van der Waals surface area contributed by atoms with Crippen LogP contribution in [0.2, 0.25) is 0 Å². The van der Waals surface area contributed by atoms with Gasteiger partial charge in [-0.05, 0) is 75.9 Å². The van der Waals surface area contributed by atoms with Crippen molar-refractivity contribution in [1.29, 1.82) is 0 Å². The normalized spacial score (nSPS) is 12.5. The van der Waals surface area contributed by atoms with E-state index in [0.29, 0.717) is 30.0 Å². The fourth-order valence-electron chi connectivity index (χ4n) is 3.68. The fraction of sp³-hybridized carbons (Fsp3) is 0.414. The van der Waals surface area contributed by atoms with Gasteiger partial charge >= 0.3 is 115 Å². The van der Waals surface area contributed by atoms with E-state index in [-0.39, 0.29) is 134 Å². The number of phenols is 1. The summed E-state index contributed by atoms with van der Waals surface area (Å²) in [5.41, 5.74) is 2.11. The van der Waals surface area contributed by atoms with Crippen LogP contribution in [0.1, 0.15) is 61.0 Å². The first kappa shape index (κ1) is 46.2. The van der Waals surface area contributed by atoms with Crippen LogP contribution in [-0.2, 0) is 41.6 Å². The first-order valence-electron chi connectivity index (χ1n) is 12.9. The van der Waals surface area contributed by atoms with Crippen molar-refractivity contribution < 1.29 is 158 Å². The monoisotopic (exact) mass is 746 g/mol. The third-order valence-electron chi connectivity index (χ3n) is 5.78. The Kier molecular flexibility index (Phi) is 23.2. The second kappa shape index (κ2) is 22.6. The molecule has 2 aliphatic heterocycles. The van der Waals surface area contributed by atoms with Gasteiger partial charge in [-0.15, -0.1) is 0 Å². The van der Waals surface area contributed by atoms with Crippen LogP contribution in [0.3, 0.4) is 0 Å². The van der Waals surface area contributed by atoms with E-state index < -0.39 is 15.9 Å². The number of alkyl halides is 1. The predicted molar refractivity (Wildman–Crippen MR) is 157 cm³/mol. The molecule has 45 heavy (non-hydrogen) atoms. The van der Waals surface area contributed by atoms with Crippen molar-refractivity contribution >= 4 is 46.2 Å². The summed E-state index contributed by atoms with van der Waals surface area (Å²) < 4.78 is 14.2. The number of ether oxygens (including phenoxy) is 3. The van der Waals surface area contributed by atoms with Gasteiger partial charge in [0.1, 0.15) is 15.8 Å². The summed E-state index contributed by atoms with van der Waals surface area (Å²) in [7, 11) is 2.68. The van der Waals surface area contributed by atoms with E-state index in [4.69, 9.17) is 19.9 Å². The van der Waals surface area contributed by atoms with E-state index in [1.165, 1.54) is 20.3 Å². The molecule has 0 atom stereocenters. The molecule has 2 aliphatic rings. The smallest absolute Gasteiger partial charge is 1.00 e. The fourth-order valence-corrected chi connectivity index (χ4v) is 3.84. The number of halogens is 1. The zero-order chi connectivity index (χ0) is 32.8. The summed E-state index contributed by atoms with van der Waals surface area (Å²) in [4.78, 5) is 56.3. The van der Waals surface area contributed by atoms with Gasteiger partial charge in [0.2, 0.25) is 0 Å². The van der Waals surface area contributed by atoms with Crippen LogP contribution < -0.4 is 123 Å². The number of esters is 2. The van der Waals surface area contributed by atoms with Crippen LogP contribution in [-0.4, -0.2) is 72.6 Å². The third kappa shape index (κ3) is 16.2. The SMILES string of the molecule is COC(=O)C(C)(C)Br.COC(=O)C(C)(C)Oc1ccc2c(c1)C(=O)NCC2.O=C1NCCc2ccc(O)cc21.O=CO[O-].[H-].[K+].[K+]. The molecule has 2 amide bonds. The first-order valence-corrected chi connectivity index (χ1v) is 13.7. The Hall–Kier alpha value is -0.897. The Morgan fingerprint density at radius 3 is 1.73 bits per heavy atom. The van der Waals surface area contributed by atoms with Gasteiger partial charge in [-0.25, -0.2) is 4.79 Å². The molecule has 2 aromatic rings.